The molecule has 2 aliphatic heterocycles. The first-order valence-electron chi connectivity index (χ1n) is 6.04. The third kappa shape index (κ3) is 2.51. The van der Waals surface area contributed by atoms with Gasteiger partial charge in [-0.3, -0.25) is 4.79 Å². The molecule has 0 atom stereocenters. The summed E-state index contributed by atoms with van der Waals surface area (Å²) in [7, 11) is 0. The number of nitrogens with zero attached hydrogens (tertiary/aromatic N) is 1. The van der Waals surface area contributed by atoms with E-state index in [-0.39, 0.29) is 18.3 Å². The van der Waals surface area contributed by atoms with Gasteiger partial charge in [-0.15, -0.1) is 12.4 Å². The van der Waals surface area contributed by atoms with Gasteiger partial charge < -0.3 is 15.0 Å². The minimum Gasteiger partial charge on any atom is -0.372 e. The van der Waals surface area contributed by atoms with Crippen molar-refractivity contribution >= 4 is 18.3 Å². The Morgan fingerprint density at radius 2 is 1.89 bits per heavy atom. The average Bonchev–Trinajstić information content (AvgIpc) is 2.86. The summed E-state index contributed by atoms with van der Waals surface area (Å²) in [4.78, 5) is 14.2. The van der Waals surface area contributed by atoms with Gasteiger partial charge in [-0.05, 0) is 23.3 Å². The summed E-state index contributed by atoms with van der Waals surface area (Å²) in [5.74, 6) is 0.140. The lowest BCUT2D eigenvalue weighted by molar-refractivity contribution is 0.0735. The molecule has 1 N–H and O–H groups in total. The molecule has 5 heteroatoms. The maximum Gasteiger partial charge on any atom is 0.253 e. The van der Waals surface area contributed by atoms with Crippen molar-refractivity contribution in [1.29, 1.82) is 0 Å². The van der Waals surface area contributed by atoms with Crippen LogP contribution in [0.15, 0.2) is 18.2 Å². The van der Waals surface area contributed by atoms with Gasteiger partial charge in [0, 0.05) is 31.7 Å². The summed E-state index contributed by atoms with van der Waals surface area (Å²) in [6.45, 7) is 4.69. The number of rotatable bonds is 1. The number of hydrogen-bond acceptors (Lipinski definition) is 3. The van der Waals surface area contributed by atoms with Crippen molar-refractivity contribution < 1.29 is 9.53 Å². The Bertz CT molecular complexity index is 445. The van der Waals surface area contributed by atoms with Crippen LogP contribution in [0.4, 0.5) is 0 Å². The predicted molar refractivity (Wildman–Crippen MR) is 71.0 cm³/mol. The van der Waals surface area contributed by atoms with Crippen LogP contribution in [0.25, 0.3) is 0 Å². The monoisotopic (exact) mass is 268 g/mol. The van der Waals surface area contributed by atoms with Crippen LogP contribution in [-0.4, -0.2) is 37.0 Å². The van der Waals surface area contributed by atoms with E-state index in [0.717, 1.165) is 37.3 Å². The van der Waals surface area contributed by atoms with E-state index in [1.807, 2.05) is 23.1 Å². The van der Waals surface area contributed by atoms with Crippen LogP contribution in [0.1, 0.15) is 21.5 Å². The zero-order valence-corrected chi connectivity index (χ0v) is 11.0. The second-order valence-electron chi connectivity index (χ2n) is 4.52. The normalized spacial score (nSPS) is 18.1. The van der Waals surface area contributed by atoms with E-state index < -0.39 is 0 Å². The van der Waals surface area contributed by atoms with E-state index in [0.29, 0.717) is 13.2 Å². The highest BCUT2D eigenvalue weighted by Gasteiger charge is 2.20. The number of piperazine rings is 1. The largest absolute Gasteiger partial charge is 0.372 e. The summed E-state index contributed by atoms with van der Waals surface area (Å²) in [6.07, 6.45) is 0. The molecular weight excluding hydrogens is 252 g/mol. The van der Waals surface area contributed by atoms with Crippen molar-refractivity contribution in [3.63, 3.8) is 0 Å². The number of halogens is 1. The fourth-order valence-corrected chi connectivity index (χ4v) is 2.36. The smallest absolute Gasteiger partial charge is 0.253 e. The Balaban J connectivity index is 0.00000120. The molecule has 1 fully saturated rings. The van der Waals surface area contributed by atoms with Gasteiger partial charge in [0.05, 0.1) is 13.2 Å². The Morgan fingerprint density at radius 3 is 2.67 bits per heavy atom. The number of nitrogens with one attached hydrogen (secondary N) is 1. The van der Waals surface area contributed by atoms with Crippen molar-refractivity contribution in [3.05, 3.63) is 34.9 Å². The van der Waals surface area contributed by atoms with Gasteiger partial charge in [0.25, 0.3) is 5.91 Å². The summed E-state index contributed by atoms with van der Waals surface area (Å²) < 4.78 is 5.36. The van der Waals surface area contributed by atoms with E-state index in [1.165, 1.54) is 5.56 Å². The molecular formula is C13H17ClN2O2. The standard InChI is InChI=1S/C13H16N2O2.ClH/c16-13(15-5-3-14-4-6-15)10-1-2-11-8-17-9-12(11)7-10;/h1-2,7,14H,3-6,8-9H2;1H. The Hall–Kier alpha value is -1.10. The molecule has 1 aromatic carbocycles. The minimum atomic E-state index is 0. The van der Waals surface area contributed by atoms with Gasteiger partial charge in [0.1, 0.15) is 0 Å². The highest BCUT2D eigenvalue weighted by molar-refractivity contribution is 5.94. The molecule has 0 aliphatic carbocycles. The number of carbonyl (C=O) groups is 1. The summed E-state index contributed by atoms with van der Waals surface area (Å²) in [5.41, 5.74) is 3.16. The lowest BCUT2D eigenvalue weighted by atomic mass is 10.1. The van der Waals surface area contributed by atoms with Crippen molar-refractivity contribution in [2.24, 2.45) is 0 Å². The quantitative estimate of drug-likeness (QED) is 0.832. The van der Waals surface area contributed by atoms with Gasteiger partial charge >= 0.3 is 0 Å². The minimum absolute atomic E-state index is 0. The van der Waals surface area contributed by atoms with E-state index in [2.05, 4.69) is 5.32 Å². The van der Waals surface area contributed by atoms with E-state index >= 15 is 0 Å². The molecule has 98 valence electrons. The average molecular weight is 269 g/mol. The molecule has 0 aromatic heterocycles. The second-order valence-corrected chi connectivity index (χ2v) is 4.52. The Labute approximate surface area is 113 Å². The Morgan fingerprint density at radius 1 is 1.17 bits per heavy atom. The van der Waals surface area contributed by atoms with Crippen LogP contribution in [-0.2, 0) is 18.0 Å². The van der Waals surface area contributed by atoms with Crippen molar-refractivity contribution in [1.82, 2.24) is 10.2 Å². The molecule has 3 rings (SSSR count). The van der Waals surface area contributed by atoms with Gasteiger partial charge in [-0.1, -0.05) is 6.07 Å². The number of hydrogen-bond donors (Lipinski definition) is 1. The zero-order chi connectivity index (χ0) is 11.7. The maximum atomic E-state index is 12.3. The molecule has 0 radical (unpaired) electrons. The number of fused-ring (bicyclic) bond motifs is 1. The van der Waals surface area contributed by atoms with Crippen molar-refractivity contribution in [2.45, 2.75) is 13.2 Å². The van der Waals surface area contributed by atoms with E-state index in [1.54, 1.807) is 0 Å². The molecule has 2 heterocycles. The molecule has 1 aromatic rings. The lowest BCUT2D eigenvalue weighted by Crippen LogP contribution is -2.46. The van der Waals surface area contributed by atoms with Crippen molar-refractivity contribution in [3.8, 4) is 0 Å². The lowest BCUT2D eigenvalue weighted by Gasteiger charge is -2.27. The maximum absolute atomic E-state index is 12.3. The number of carbonyl (C=O) groups excluding carboxylic acids is 1. The Kier molecular flexibility index (Phi) is 4.22. The molecule has 2 aliphatic rings. The highest BCUT2D eigenvalue weighted by Crippen LogP contribution is 2.21. The fourth-order valence-electron chi connectivity index (χ4n) is 2.36. The third-order valence-corrected chi connectivity index (χ3v) is 3.37. The van der Waals surface area contributed by atoms with Crippen LogP contribution < -0.4 is 5.32 Å². The second kappa shape index (κ2) is 5.69. The van der Waals surface area contributed by atoms with E-state index in [9.17, 15) is 4.79 Å². The van der Waals surface area contributed by atoms with Gasteiger partial charge in [-0.25, -0.2) is 0 Å². The molecule has 0 saturated carbocycles. The highest BCUT2D eigenvalue weighted by atomic mass is 35.5. The van der Waals surface area contributed by atoms with Crippen LogP contribution in [0, 0.1) is 0 Å². The number of ether oxygens (including phenoxy) is 1. The summed E-state index contributed by atoms with van der Waals surface area (Å²) >= 11 is 0. The van der Waals surface area contributed by atoms with Crippen LogP contribution in [0.5, 0.6) is 0 Å². The first-order chi connectivity index (χ1) is 8.34. The van der Waals surface area contributed by atoms with Gasteiger partial charge in [0.15, 0.2) is 0 Å². The first kappa shape index (κ1) is 13.3. The van der Waals surface area contributed by atoms with Gasteiger partial charge in [-0.2, -0.15) is 0 Å². The molecule has 18 heavy (non-hydrogen) atoms. The SMILES string of the molecule is Cl.O=C(c1ccc2c(c1)COC2)N1CCNCC1. The number of amides is 1. The number of benzene rings is 1. The van der Waals surface area contributed by atoms with Crippen LogP contribution in [0.3, 0.4) is 0 Å². The molecule has 4 nitrogen and oxygen atoms in total. The summed E-state index contributed by atoms with van der Waals surface area (Å²) in [5, 5.41) is 3.25. The van der Waals surface area contributed by atoms with Crippen LogP contribution >= 0.6 is 12.4 Å². The predicted octanol–water partition coefficient (Wildman–Crippen LogP) is 1.18. The first-order valence-corrected chi connectivity index (χ1v) is 6.04. The molecule has 0 unspecified atom stereocenters. The van der Waals surface area contributed by atoms with Gasteiger partial charge in [0.2, 0.25) is 0 Å². The van der Waals surface area contributed by atoms with Crippen LogP contribution in [0.2, 0.25) is 0 Å². The topological polar surface area (TPSA) is 41.6 Å². The molecule has 0 bridgehead atoms. The zero-order valence-electron chi connectivity index (χ0n) is 10.1. The molecule has 0 spiro atoms. The third-order valence-electron chi connectivity index (χ3n) is 3.37. The molecule has 1 saturated heterocycles. The van der Waals surface area contributed by atoms with Crippen molar-refractivity contribution in [2.75, 3.05) is 26.2 Å². The summed E-state index contributed by atoms with van der Waals surface area (Å²) in [6, 6.07) is 5.91. The van der Waals surface area contributed by atoms with E-state index in [4.69, 9.17) is 4.74 Å². The molecule has 1 amide bonds. The fraction of sp³-hybridized carbons (Fsp3) is 0.462.